The maximum atomic E-state index is 12.3. The lowest BCUT2D eigenvalue weighted by molar-refractivity contribution is -0.145. The molecule has 26 heavy (non-hydrogen) atoms. The van der Waals surface area contributed by atoms with Gasteiger partial charge in [-0.05, 0) is 12.3 Å². The Balaban J connectivity index is 4.79. The molecule has 0 radical (unpaired) electrons. The maximum absolute atomic E-state index is 12.3. The number of hydrogen-bond donors (Lipinski definition) is 3. The SMILES string of the molecule is C=CCOC(=O)CC[C@H](NC(=O)C(NC(=O)OCC=C)C(C)C)C(=O)O. The summed E-state index contributed by atoms with van der Waals surface area (Å²) in [5.41, 5.74) is 0. The molecule has 0 rings (SSSR count). The summed E-state index contributed by atoms with van der Waals surface area (Å²) in [5, 5.41) is 13.9. The zero-order valence-corrected chi connectivity index (χ0v) is 15.0. The van der Waals surface area contributed by atoms with Crippen LogP contribution in [0.5, 0.6) is 0 Å². The van der Waals surface area contributed by atoms with Gasteiger partial charge in [0.05, 0.1) is 0 Å². The number of aliphatic carboxylic acids is 1. The van der Waals surface area contributed by atoms with E-state index in [1.165, 1.54) is 12.2 Å². The van der Waals surface area contributed by atoms with Crippen molar-refractivity contribution in [2.75, 3.05) is 13.2 Å². The lowest BCUT2D eigenvalue weighted by Crippen LogP contribution is -2.53. The molecule has 0 aromatic rings. The average Bonchev–Trinajstić information content (AvgIpc) is 2.58. The standard InChI is InChI=1S/C17H26N2O7/c1-5-9-25-13(20)8-7-12(16(22)23)18-15(21)14(11(3)4)19-17(24)26-10-6-2/h5-6,11-12,14H,1-2,7-10H2,3-4H3,(H,18,21)(H,19,24)(H,22,23)/t12-,14?/m0/s1. The third kappa shape index (κ3) is 9.45. The molecule has 2 atom stereocenters. The van der Waals surface area contributed by atoms with Crippen LogP contribution in [-0.4, -0.2) is 54.3 Å². The van der Waals surface area contributed by atoms with Crippen LogP contribution in [0.4, 0.5) is 4.79 Å². The summed E-state index contributed by atoms with van der Waals surface area (Å²) in [7, 11) is 0. The van der Waals surface area contributed by atoms with Crippen molar-refractivity contribution in [3.05, 3.63) is 25.3 Å². The van der Waals surface area contributed by atoms with Crippen molar-refractivity contribution in [1.82, 2.24) is 10.6 Å². The van der Waals surface area contributed by atoms with Gasteiger partial charge in [-0.3, -0.25) is 9.59 Å². The van der Waals surface area contributed by atoms with Crippen molar-refractivity contribution in [3.63, 3.8) is 0 Å². The van der Waals surface area contributed by atoms with Crippen LogP contribution in [0.3, 0.4) is 0 Å². The van der Waals surface area contributed by atoms with Crippen molar-refractivity contribution in [1.29, 1.82) is 0 Å². The van der Waals surface area contributed by atoms with Gasteiger partial charge in [-0.15, -0.1) is 0 Å². The Morgan fingerprint density at radius 2 is 1.62 bits per heavy atom. The number of alkyl carbamates (subject to hydrolysis) is 1. The Bertz CT molecular complexity index is 531. The fourth-order valence-electron chi connectivity index (χ4n) is 1.84. The van der Waals surface area contributed by atoms with Crippen molar-refractivity contribution in [2.24, 2.45) is 5.92 Å². The second kappa shape index (κ2) is 12.5. The highest BCUT2D eigenvalue weighted by Crippen LogP contribution is 2.06. The highest BCUT2D eigenvalue weighted by molar-refractivity contribution is 5.89. The molecule has 0 spiro atoms. The smallest absolute Gasteiger partial charge is 0.408 e. The van der Waals surface area contributed by atoms with Gasteiger partial charge in [0.2, 0.25) is 5.91 Å². The number of amides is 2. The van der Waals surface area contributed by atoms with Gasteiger partial charge in [0.1, 0.15) is 25.3 Å². The predicted octanol–water partition coefficient (Wildman–Crippen LogP) is 1.00. The molecule has 0 aromatic heterocycles. The fraction of sp³-hybridized carbons (Fsp3) is 0.529. The van der Waals surface area contributed by atoms with Crippen molar-refractivity contribution in [2.45, 2.75) is 38.8 Å². The predicted molar refractivity (Wildman–Crippen MR) is 93.3 cm³/mol. The van der Waals surface area contributed by atoms with Gasteiger partial charge in [0, 0.05) is 6.42 Å². The van der Waals surface area contributed by atoms with E-state index in [9.17, 15) is 24.3 Å². The Morgan fingerprint density at radius 1 is 1.04 bits per heavy atom. The van der Waals surface area contributed by atoms with Gasteiger partial charge < -0.3 is 25.2 Å². The molecule has 0 saturated carbocycles. The molecule has 0 fully saturated rings. The first-order valence-corrected chi connectivity index (χ1v) is 8.06. The third-order valence-electron chi connectivity index (χ3n) is 3.17. The zero-order valence-electron chi connectivity index (χ0n) is 15.0. The van der Waals surface area contributed by atoms with Crippen LogP contribution >= 0.6 is 0 Å². The molecule has 0 aromatic carbocycles. The highest BCUT2D eigenvalue weighted by atomic mass is 16.5. The number of rotatable bonds is 12. The summed E-state index contributed by atoms with van der Waals surface area (Å²) in [6, 6.07) is -2.30. The first-order valence-electron chi connectivity index (χ1n) is 8.06. The van der Waals surface area contributed by atoms with E-state index >= 15 is 0 Å². The van der Waals surface area contributed by atoms with E-state index in [1.54, 1.807) is 13.8 Å². The van der Waals surface area contributed by atoms with Crippen molar-refractivity contribution in [3.8, 4) is 0 Å². The third-order valence-corrected chi connectivity index (χ3v) is 3.17. The molecule has 3 N–H and O–H groups in total. The Hall–Kier alpha value is -2.84. The minimum absolute atomic E-state index is 0.0229. The maximum Gasteiger partial charge on any atom is 0.408 e. The van der Waals surface area contributed by atoms with E-state index in [2.05, 4.69) is 23.8 Å². The molecule has 9 heteroatoms. The number of hydrogen-bond acceptors (Lipinski definition) is 6. The molecule has 0 aliphatic carbocycles. The Morgan fingerprint density at radius 3 is 2.12 bits per heavy atom. The lowest BCUT2D eigenvalue weighted by atomic mass is 10.0. The Kier molecular flexibility index (Phi) is 11.1. The molecule has 146 valence electrons. The van der Waals surface area contributed by atoms with Crippen LogP contribution in [0.2, 0.25) is 0 Å². The minimum Gasteiger partial charge on any atom is -0.480 e. The monoisotopic (exact) mass is 370 g/mol. The number of nitrogens with one attached hydrogen (secondary N) is 2. The number of esters is 1. The largest absolute Gasteiger partial charge is 0.480 e. The summed E-state index contributed by atoms with van der Waals surface area (Å²) in [4.78, 5) is 46.7. The number of ether oxygens (including phenoxy) is 2. The van der Waals surface area contributed by atoms with Crippen molar-refractivity contribution >= 4 is 23.9 Å². The first kappa shape index (κ1) is 23.2. The fourth-order valence-corrected chi connectivity index (χ4v) is 1.84. The van der Waals surface area contributed by atoms with E-state index in [-0.39, 0.29) is 32.0 Å². The van der Waals surface area contributed by atoms with Crippen LogP contribution in [0.15, 0.2) is 25.3 Å². The lowest BCUT2D eigenvalue weighted by Gasteiger charge is -2.23. The first-order chi connectivity index (χ1) is 12.2. The van der Waals surface area contributed by atoms with Crippen LogP contribution in [-0.2, 0) is 23.9 Å². The number of carbonyl (C=O) groups excluding carboxylic acids is 3. The molecule has 0 heterocycles. The normalized spacial score (nSPS) is 12.4. The number of carboxylic acids is 1. The Labute approximate surface area is 152 Å². The van der Waals surface area contributed by atoms with Gasteiger partial charge in [-0.2, -0.15) is 0 Å². The van der Waals surface area contributed by atoms with Crippen LogP contribution in [0, 0.1) is 5.92 Å². The highest BCUT2D eigenvalue weighted by Gasteiger charge is 2.29. The topological polar surface area (TPSA) is 131 Å². The summed E-state index contributed by atoms with van der Waals surface area (Å²) >= 11 is 0. The molecule has 0 bridgehead atoms. The van der Waals surface area contributed by atoms with Crippen molar-refractivity contribution < 1.29 is 33.8 Å². The van der Waals surface area contributed by atoms with E-state index < -0.39 is 36.0 Å². The van der Waals surface area contributed by atoms with Gasteiger partial charge in [-0.1, -0.05) is 39.2 Å². The van der Waals surface area contributed by atoms with E-state index in [4.69, 9.17) is 9.47 Å². The van der Waals surface area contributed by atoms with Gasteiger partial charge in [0.25, 0.3) is 0 Å². The molecule has 1 unspecified atom stereocenters. The van der Waals surface area contributed by atoms with E-state index in [0.717, 1.165) is 0 Å². The van der Waals surface area contributed by atoms with Gasteiger partial charge >= 0.3 is 18.0 Å². The molecule has 2 amide bonds. The van der Waals surface area contributed by atoms with E-state index in [0.29, 0.717) is 0 Å². The van der Waals surface area contributed by atoms with Crippen LogP contribution < -0.4 is 10.6 Å². The van der Waals surface area contributed by atoms with Gasteiger partial charge in [0.15, 0.2) is 0 Å². The average molecular weight is 370 g/mol. The molecular formula is C17H26N2O7. The van der Waals surface area contributed by atoms with Crippen LogP contribution in [0.1, 0.15) is 26.7 Å². The minimum atomic E-state index is -1.30. The number of carboxylic acid groups (broad SMARTS) is 1. The van der Waals surface area contributed by atoms with Gasteiger partial charge in [-0.25, -0.2) is 9.59 Å². The molecule has 0 aliphatic rings. The van der Waals surface area contributed by atoms with E-state index in [1.807, 2.05) is 0 Å². The molecule has 0 aliphatic heterocycles. The second-order valence-corrected chi connectivity index (χ2v) is 5.66. The quantitative estimate of drug-likeness (QED) is 0.345. The molecular weight excluding hydrogens is 344 g/mol. The zero-order chi connectivity index (χ0) is 20.1. The number of carbonyl (C=O) groups is 4. The summed E-state index contributed by atoms with van der Waals surface area (Å²) in [6.07, 6.45) is 1.60. The second-order valence-electron chi connectivity index (χ2n) is 5.66. The molecule has 9 nitrogen and oxygen atoms in total. The summed E-state index contributed by atoms with van der Waals surface area (Å²) < 4.78 is 9.52. The molecule has 0 saturated heterocycles. The van der Waals surface area contributed by atoms with Crippen LogP contribution in [0.25, 0.3) is 0 Å². The summed E-state index contributed by atoms with van der Waals surface area (Å²) in [5.74, 6) is -2.91. The summed E-state index contributed by atoms with van der Waals surface area (Å²) in [6.45, 7) is 10.2.